The number of benzene rings is 1. The number of hydrogen-bond donors (Lipinski definition) is 2. The first-order valence-corrected chi connectivity index (χ1v) is 6.03. The molecule has 0 aliphatic rings. The standard InChI is InChI=1S/C14H17N3O2/c1-9-4-6-11(7-5-9)15-13(14(18)19)12-8-17(3)16-10(12)2/h4-8,13,15H,1-3H3,(H,18,19). The minimum absolute atomic E-state index is 0.676. The van der Waals surface area contributed by atoms with Crippen LogP contribution in [0, 0.1) is 13.8 Å². The monoisotopic (exact) mass is 259 g/mol. The molecule has 0 spiro atoms. The highest BCUT2D eigenvalue weighted by molar-refractivity contribution is 5.79. The first-order valence-electron chi connectivity index (χ1n) is 6.03. The Morgan fingerprint density at radius 3 is 2.42 bits per heavy atom. The first kappa shape index (κ1) is 13.1. The van der Waals surface area contributed by atoms with Gasteiger partial charge in [-0.2, -0.15) is 5.10 Å². The lowest BCUT2D eigenvalue weighted by atomic mass is 10.1. The Morgan fingerprint density at radius 1 is 1.32 bits per heavy atom. The zero-order valence-corrected chi connectivity index (χ0v) is 11.2. The molecule has 0 fully saturated rings. The molecule has 5 heteroatoms. The fraction of sp³-hybridized carbons (Fsp3) is 0.286. The van der Waals surface area contributed by atoms with Gasteiger partial charge in [-0.05, 0) is 26.0 Å². The van der Waals surface area contributed by atoms with Crippen LogP contribution in [0.4, 0.5) is 5.69 Å². The highest BCUT2D eigenvalue weighted by Gasteiger charge is 2.23. The molecule has 1 atom stereocenters. The van der Waals surface area contributed by atoms with E-state index in [-0.39, 0.29) is 0 Å². The van der Waals surface area contributed by atoms with Crippen LogP contribution in [-0.4, -0.2) is 20.9 Å². The van der Waals surface area contributed by atoms with E-state index in [1.165, 1.54) is 0 Å². The zero-order chi connectivity index (χ0) is 14.0. The molecule has 0 aliphatic carbocycles. The van der Waals surface area contributed by atoms with Crippen LogP contribution in [0.25, 0.3) is 0 Å². The van der Waals surface area contributed by atoms with Crippen molar-refractivity contribution < 1.29 is 9.90 Å². The van der Waals surface area contributed by atoms with Crippen LogP contribution in [0.15, 0.2) is 30.5 Å². The van der Waals surface area contributed by atoms with Gasteiger partial charge in [0.15, 0.2) is 6.04 Å². The van der Waals surface area contributed by atoms with Crippen LogP contribution in [0.5, 0.6) is 0 Å². The maximum absolute atomic E-state index is 11.4. The Morgan fingerprint density at radius 2 is 1.95 bits per heavy atom. The molecular formula is C14H17N3O2. The van der Waals surface area contributed by atoms with E-state index in [4.69, 9.17) is 0 Å². The minimum atomic E-state index is -0.920. The quantitative estimate of drug-likeness (QED) is 0.884. The largest absolute Gasteiger partial charge is 0.479 e. The van der Waals surface area contributed by atoms with E-state index in [2.05, 4.69) is 10.4 Å². The van der Waals surface area contributed by atoms with E-state index >= 15 is 0 Å². The molecule has 5 nitrogen and oxygen atoms in total. The normalized spacial score (nSPS) is 12.2. The summed E-state index contributed by atoms with van der Waals surface area (Å²) in [4.78, 5) is 11.4. The summed E-state index contributed by atoms with van der Waals surface area (Å²) in [5, 5.41) is 16.6. The van der Waals surface area contributed by atoms with Crippen molar-refractivity contribution in [2.45, 2.75) is 19.9 Å². The number of hydrogen-bond acceptors (Lipinski definition) is 3. The van der Waals surface area contributed by atoms with Gasteiger partial charge in [-0.3, -0.25) is 4.68 Å². The highest BCUT2D eigenvalue weighted by Crippen LogP contribution is 2.22. The molecule has 100 valence electrons. The number of nitrogens with zero attached hydrogens (tertiary/aromatic N) is 2. The first-order chi connectivity index (χ1) is 8.97. The van der Waals surface area contributed by atoms with Crippen molar-refractivity contribution in [2.75, 3.05) is 5.32 Å². The van der Waals surface area contributed by atoms with E-state index in [0.29, 0.717) is 5.56 Å². The van der Waals surface area contributed by atoms with Gasteiger partial charge in [-0.15, -0.1) is 0 Å². The molecule has 2 N–H and O–H groups in total. The molecule has 0 bridgehead atoms. The Labute approximate surface area is 111 Å². The van der Waals surface area contributed by atoms with Gasteiger partial charge >= 0.3 is 5.97 Å². The van der Waals surface area contributed by atoms with Crippen molar-refractivity contribution in [1.82, 2.24) is 9.78 Å². The summed E-state index contributed by atoms with van der Waals surface area (Å²) in [5.74, 6) is -0.920. The van der Waals surface area contributed by atoms with Crippen molar-refractivity contribution in [2.24, 2.45) is 7.05 Å². The Bertz CT molecular complexity index is 587. The topological polar surface area (TPSA) is 67.2 Å². The van der Waals surface area contributed by atoms with Crippen LogP contribution in [-0.2, 0) is 11.8 Å². The SMILES string of the molecule is Cc1ccc(NC(C(=O)O)c2cn(C)nc2C)cc1. The number of aryl methyl sites for hydroxylation is 3. The summed E-state index contributed by atoms with van der Waals surface area (Å²) in [6.07, 6.45) is 1.73. The zero-order valence-electron chi connectivity index (χ0n) is 11.2. The van der Waals surface area contributed by atoms with Gasteiger partial charge in [-0.1, -0.05) is 17.7 Å². The van der Waals surface area contributed by atoms with Crippen molar-refractivity contribution in [3.63, 3.8) is 0 Å². The Hall–Kier alpha value is -2.30. The summed E-state index contributed by atoms with van der Waals surface area (Å²) in [6, 6.07) is 6.83. The minimum Gasteiger partial charge on any atom is -0.479 e. The van der Waals surface area contributed by atoms with Crippen LogP contribution < -0.4 is 5.32 Å². The van der Waals surface area contributed by atoms with E-state index in [0.717, 1.165) is 16.9 Å². The van der Waals surface area contributed by atoms with Gasteiger partial charge in [0, 0.05) is 24.5 Å². The molecule has 1 aromatic carbocycles. The third-order valence-electron chi connectivity index (χ3n) is 2.97. The molecule has 0 radical (unpaired) electrons. The summed E-state index contributed by atoms with van der Waals surface area (Å²) in [7, 11) is 1.78. The number of aromatic nitrogens is 2. The lowest BCUT2D eigenvalue weighted by molar-refractivity contribution is -0.138. The highest BCUT2D eigenvalue weighted by atomic mass is 16.4. The number of anilines is 1. The van der Waals surface area contributed by atoms with Gasteiger partial charge in [0.2, 0.25) is 0 Å². The number of aliphatic carboxylic acids is 1. The van der Waals surface area contributed by atoms with E-state index in [1.54, 1.807) is 17.9 Å². The second kappa shape index (κ2) is 5.14. The van der Waals surface area contributed by atoms with Gasteiger partial charge < -0.3 is 10.4 Å². The lowest BCUT2D eigenvalue weighted by Crippen LogP contribution is -2.20. The van der Waals surface area contributed by atoms with E-state index in [1.807, 2.05) is 38.1 Å². The summed E-state index contributed by atoms with van der Waals surface area (Å²) in [5.41, 5.74) is 3.31. The predicted molar refractivity (Wildman–Crippen MR) is 73.1 cm³/mol. The molecule has 0 aliphatic heterocycles. The molecule has 1 unspecified atom stereocenters. The molecular weight excluding hydrogens is 242 g/mol. The maximum atomic E-state index is 11.4. The summed E-state index contributed by atoms with van der Waals surface area (Å²) < 4.78 is 1.62. The second-order valence-electron chi connectivity index (χ2n) is 4.63. The van der Waals surface area contributed by atoms with Gasteiger partial charge in [0.1, 0.15) is 0 Å². The van der Waals surface area contributed by atoms with Gasteiger partial charge in [0.05, 0.1) is 5.69 Å². The smallest absolute Gasteiger partial charge is 0.330 e. The van der Waals surface area contributed by atoms with E-state index < -0.39 is 12.0 Å². The maximum Gasteiger partial charge on any atom is 0.330 e. The number of rotatable bonds is 4. The number of nitrogens with one attached hydrogen (secondary N) is 1. The average Bonchev–Trinajstić information content (AvgIpc) is 2.67. The summed E-state index contributed by atoms with van der Waals surface area (Å²) >= 11 is 0. The summed E-state index contributed by atoms with van der Waals surface area (Å²) in [6.45, 7) is 3.80. The molecule has 0 saturated heterocycles. The molecule has 1 aromatic heterocycles. The number of carboxylic acids is 1. The predicted octanol–water partition coefficient (Wildman–Crippen LogP) is 2.27. The van der Waals surface area contributed by atoms with Gasteiger partial charge in [0.25, 0.3) is 0 Å². The third kappa shape index (κ3) is 2.93. The number of carbonyl (C=O) groups is 1. The fourth-order valence-electron chi connectivity index (χ4n) is 1.99. The lowest BCUT2D eigenvalue weighted by Gasteiger charge is -2.15. The average molecular weight is 259 g/mol. The van der Waals surface area contributed by atoms with Crippen molar-refractivity contribution in [3.8, 4) is 0 Å². The number of carboxylic acid groups (broad SMARTS) is 1. The molecule has 2 aromatic rings. The van der Waals surface area contributed by atoms with Crippen molar-refractivity contribution >= 4 is 11.7 Å². The Kier molecular flexibility index (Phi) is 3.55. The molecule has 0 saturated carbocycles. The molecule has 0 amide bonds. The van der Waals surface area contributed by atoms with Crippen LogP contribution in [0.3, 0.4) is 0 Å². The molecule has 1 heterocycles. The van der Waals surface area contributed by atoms with Gasteiger partial charge in [-0.25, -0.2) is 4.79 Å². The Balaban J connectivity index is 2.29. The van der Waals surface area contributed by atoms with Crippen molar-refractivity contribution in [3.05, 3.63) is 47.3 Å². The fourth-order valence-corrected chi connectivity index (χ4v) is 1.99. The van der Waals surface area contributed by atoms with Crippen LogP contribution in [0.1, 0.15) is 22.9 Å². The van der Waals surface area contributed by atoms with Crippen LogP contribution in [0.2, 0.25) is 0 Å². The van der Waals surface area contributed by atoms with Crippen LogP contribution >= 0.6 is 0 Å². The second-order valence-corrected chi connectivity index (χ2v) is 4.63. The van der Waals surface area contributed by atoms with E-state index in [9.17, 15) is 9.90 Å². The molecule has 19 heavy (non-hydrogen) atoms. The third-order valence-corrected chi connectivity index (χ3v) is 2.97. The molecule has 2 rings (SSSR count). The van der Waals surface area contributed by atoms with Crippen molar-refractivity contribution in [1.29, 1.82) is 0 Å².